The number of hydrogen-bond donors (Lipinski definition) is 1. The van der Waals surface area contributed by atoms with Crippen molar-refractivity contribution >= 4 is 27.3 Å². The van der Waals surface area contributed by atoms with Crippen molar-refractivity contribution in [1.29, 1.82) is 0 Å². The van der Waals surface area contributed by atoms with E-state index in [2.05, 4.69) is 27.3 Å². The van der Waals surface area contributed by atoms with Crippen LogP contribution in [0.5, 0.6) is 0 Å². The van der Waals surface area contributed by atoms with Gasteiger partial charge in [0.05, 0.1) is 9.39 Å². The first-order valence-corrected chi connectivity index (χ1v) is 8.40. The maximum atomic E-state index is 5.69. The first kappa shape index (κ1) is 13.1. The van der Waals surface area contributed by atoms with Gasteiger partial charge in [-0.15, -0.1) is 11.3 Å². The van der Waals surface area contributed by atoms with E-state index >= 15 is 0 Å². The van der Waals surface area contributed by atoms with Crippen molar-refractivity contribution in [3.05, 3.63) is 20.3 Å². The number of ether oxygens (including phenoxy) is 1. The second-order valence-corrected chi connectivity index (χ2v) is 8.01. The summed E-state index contributed by atoms with van der Waals surface area (Å²) in [5, 5.41) is 3.75. The van der Waals surface area contributed by atoms with Gasteiger partial charge < -0.3 is 10.1 Å². The second-order valence-electron chi connectivity index (χ2n) is 5.50. The van der Waals surface area contributed by atoms with Gasteiger partial charge >= 0.3 is 0 Å². The van der Waals surface area contributed by atoms with Gasteiger partial charge in [0.1, 0.15) is 0 Å². The molecule has 1 fully saturated rings. The normalized spacial score (nSPS) is 25.6. The molecule has 0 bridgehead atoms. The Bertz CT molecular complexity index is 422. The summed E-state index contributed by atoms with van der Waals surface area (Å²) in [6, 6.07) is 2.83. The molecule has 3 rings (SSSR count). The predicted octanol–water partition coefficient (Wildman–Crippen LogP) is 4.05. The Morgan fingerprint density at radius 1 is 1.50 bits per heavy atom. The number of fused-ring (bicyclic) bond motifs is 1. The van der Waals surface area contributed by atoms with Crippen LogP contribution in [-0.2, 0) is 11.2 Å². The Labute approximate surface area is 121 Å². The Balaban J connectivity index is 1.67. The molecule has 18 heavy (non-hydrogen) atoms. The van der Waals surface area contributed by atoms with E-state index in [1.807, 2.05) is 18.4 Å². The molecule has 2 aliphatic carbocycles. The summed E-state index contributed by atoms with van der Waals surface area (Å²) < 4.78 is 6.96. The summed E-state index contributed by atoms with van der Waals surface area (Å²) in [6.07, 6.45) is 7.55. The molecule has 0 saturated heterocycles. The standard InChI is InChI=1S/C14H20BrNOS/c1-17-14(6-3-7-14)9-16-11-4-2-5-12-10(11)8-13(15)18-12/h8,11,16H,2-7,9H2,1H3. The van der Waals surface area contributed by atoms with Crippen LogP contribution in [0.15, 0.2) is 9.85 Å². The van der Waals surface area contributed by atoms with Gasteiger partial charge in [-0.05, 0) is 66.1 Å². The Kier molecular flexibility index (Phi) is 3.81. The van der Waals surface area contributed by atoms with Crippen LogP contribution in [0.3, 0.4) is 0 Å². The topological polar surface area (TPSA) is 21.3 Å². The van der Waals surface area contributed by atoms with E-state index in [9.17, 15) is 0 Å². The zero-order chi connectivity index (χ0) is 12.6. The van der Waals surface area contributed by atoms with Crippen LogP contribution in [0.4, 0.5) is 0 Å². The van der Waals surface area contributed by atoms with Gasteiger partial charge in [0, 0.05) is 24.6 Å². The SMILES string of the molecule is COC1(CNC2CCCc3sc(Br)cc32)CCC1. The number of nitrogens with one attached hydrogen (secondary N) is 1. The summed E-state index contributed by atoms with van der Waals surface area (Å²) in [5.74, 6) is 0. The van der Waals surface area contributed by atoms with Gasteiger partial charge in [-0.2, -0.15) is 0 Å². The molecule has 1 N–H and O–H groups in total. The molecule has 0 amide bonds. The molecule has 1 unspecified atom stereocenters. The molecule has 4 heteroatoms. The van der Waals surface area contributed by atoms with Crippen LogP contribution < -0.4 is 5.32 Å². The lowest BCUT2D eigenvalue weighted by atomic mass is 9.79. The lowest BCUT2D eigenvalue weighted by Crippen LogP contribution is -2.48. The van der Waals surface area contributed by atoms with Crippen molar-refractivity contribution < 1.29 is 4.74 Å². The number of aryl methyl sites for hydroxylation is 1. The zero-order valence-electron chi connectivity index (χ0n) is 10.8. The molecule has 1 saturated carbocycles. The van der Waals surface area contributed by atoms with E-state index in [-0.39, 0.29) is 5.60 Å². The van der Waals surface area contributed by atoms with Crippen molar-refractivity contribution in [3.8, 4) is 0 Å². The van der Waals surface area contributed by atoms with Gasteiger partial charge in [0.25, 0.3) is 0 Å². The molecule has 1 heterocycles. The van der Waals surface area contributed by atoms with Crippen LogP contribution in [0, 0.1) is 0 Å². The summed E-state index contributed by atoms with van der Waals surface area (Å²) in [4.78, 5) is 1.56. The summed E-state index contributed by atoms with van der Waals surface area (Å²) >= 11 is 5.51. The van der Waals surface area contributed by atoms with Crippen molar-refractivity contribution in [1.82, 2.24) is 5.32 Å². The molecule has 1 aromatic rings. The first-order valence-electron chi connectivity index (χ1n) is 6.79. The first-order chi connectivity index (χ1) is 8.72. The quantitative estimate of drug-likeness (QED) is 0.899. The average molecular weight is 330 g/mol. The van der Waals surface area contributed by atoms with Gasteiger partial charge in [-0.3, -0.25) is 0 Å². The third kappa shape index (κ3) is 2.40. The molecule has 2 aliphatic rings. The summed E-state index contributed by atoms with van der Waals surface area (Å²) in [5.41, 5.74) is 1.65. The third-order valence-corrected chi connectivity index (χ3v) is 6.17. The smallest absolute Gasteiger partial charge is 0.0802 e. The van der Waals surface area contributed by atoms with E-state index in [1.165, 1.54) is 47.9 Å². The fourth-order valence-corrected chi connectivity index (χ4v) is 4.89. The van der Waals surface area contributed by atoms with Crippen molar-refractivity contribution in [2.24, 2.45) is 0 Å². The van der Waals surface area contributed by atoms with Crippen molar-refractivity contribution in [2.45, 2.75) is 50.2 Å². The third-order valence-electron chi connectivity index (χ3n) is 4.45. The van der Waals surface area contributed by atoms with Crippen LogP contribution in [0.2, 0.25) is 0 Å². The van der Waals surface area contributed by atoms with E-state index in [0.29, 0.717) is 6.04 Å². The Morgan fingerprint density at radius 3 is 3.00 bits per heavy atom. The van der Waals surface area contributed by atoms with Crippen molar-refractivity contribution in [2.75, 3.05) is 13.7 Å². The fourth-order valence-electron chi connectivity index (χ4n) is 3.07. The number of hydrogen-bond acceptors (Lipinski definition) is 3. The Morgan fingerprint density at radius 2 is 2.33 bits per heavy atom. The highest BCUT2D eigenvalue weighted by molar-refractivity contribution is 9.11. The largest absolute Gasteiger partial charge is 0.377 e. The van der Waals surface area contributed by atoms with Gasteiger partial charge in [-0.1, -0.05) is 0 Å². The highest BCUT2D eigenvalue weighted by atomic mass is 79.9. The highest BCUT2D eigenvalue weighted by Crippen LogP contribution is 2.39. The number of thiophene rings is 1. The van der Waals surface area contributed by atoms with Crippen LogP contribution in [0.25, 0.3) is 0 Å². The maximum Gasteiger partial charge on any atom is 0.0802 e. The van der Waals surface area contributed by atoms with Crippen molar-refractivity contribution in [3.63, 3.8) is 0 Å². The summed E-state index contributed by atoms with van der Waals surface area (Å²) in [6.45, 7) is 1.00. The molecule has 0 radical (unpaired) electrons. The minimum Gasteiger partial charge on any atom is -0.377 e. The number of halogens is 1. The molecule has 0 aromatic carbocycles. The average Bonchev–Trinajstić information content (AvgIpc) is 2.69. The van der Waals surface area contributed by atoms with Gasteiger partial charge in [0.2, 0.25) is 0 Å². The van der Waals surface area contributed by atoms with Gasteiger partial charge in [-0.25, -0.2) is 0 Å². The predicted molar refractivity (Wildman–Crippen MR) is 79.3 cm³/mol. The van der Waals surface area contributed by atoms with E-state index < -0.39 is 0 Å². The molecule has 0 aliphatic heterocycles. The summed E-state index contributed by atoms with van der Waals surface area (Å²) in [7, 11) is 1.86. The molecule has 1 atom stereocenters. The number of methoxy groups -OCH3 is 1. The molecular formula is C14H20BrNOS. The fraction of sp³-hybridized carbons (Fsp3) is 0.714. The van der Waals surface area contributed by atoms with E-state index in [1.54, 1.807) is 4.88 Å². The van der Waals surface area contributed by atoms with E-state index in [0.717, 1.165) is 6.54 Å². The lowest BCUT2D eigenvalue weighted by molar-refractivity contribution is -0.0711. The monoisotopic (exact) mass is 329 g/mol. The highest BCUT2D eigenvalue weighted by Gasteiger charge is 2.37. The van der Waals surface area contributed by atoms with Crippen LogP contribution in [-0.4, -0.2) is 19.3 Å². The van der Waals surface area contributed by atoms with Crippen LogP contribution >= 0.6 is 27.3 Å². The molecule has 0 spiro atoms. The second kappa shape index (κ2) is 5.23. The molecule has 100 valence electrons. The number of rotatable bonds is 4. The molecule has 1 aromatic heterocycles. The minimum atomic E-state index is 0.130. The Hall–Kier alpha value is 0.100. The minimum absolute atomic E-state index is 0.130. The lowest BCUT2D eigenvalue weighted by Gasteiger charge is -2.42. The van der Waals surface area contributed by atoms with Crippen LogP contribution in [0.1, 0.15) is 48.6 Å². The maximum absolute atomic E-state index is 5.69. The van der Waals surface area contributed by atoms with E-state index in [4.69, 9.17) is 4.74 Å². The zero-order valence-corrected chi connectivity index (χ0v) is 13.2. The molecular weight excluding hydrogens is 310 g/mol. The molecule has 2 nitrogen and oxygen atoms in total. The van der Waals surface area contributed by atoms with Gasteiger partial charge in [0.15, 0.2) is 0 Å².